The molecule has 0 bridgehead atoms. The number of aromatic nitrogens is 2. The van der Waals surface area contributed by atoms with Crippen LogP contribution in [-0.2, 0) is 4.79 Å². The average molecular weight is 380 g/mol. The normalized spacial score (nSPS) is 11.0. The van der Waals surface area contributed by atoms with Crippen LogP contribution in [0.2, 0.25) is 0 Å². The predicted molar refractivity (Wildman–Crippen MR) is 109 cm³/mol. The molecule has 4 aromatic rings. The van der Waals surface area contributed by atoms with E-state index in [-0.39, 0.29) is 5.91 Å². The number of hydrogen-bond donors (Lipinski definition) is 1. The van der Waals surface area contributed by atoms with Gasteiger partial charge in [-0.1, -0.05) is 30.3 Å². The molecule has 2 heterocycles. The average Bonchev–Trinajstić information content (AvgIpc) is 3.24. The quantitative estimate of drug-likeness (QED) is 0.491. The minimum Gasteiger partial charge on any atom is -0.325 e. The minimum atomic E-state index is -0.00601. The van der Waals surface area contributed by atoms with Crippen molar-refractivity contribution in [2.24, 2.45) is 0 Å². The van der Waals surface area contributed by atoms with Crippen molar-refractivity contribution in [1.29, 1.82) is 0 Å². The summed E-state index contributed by atoms with van der Waals surface area (Å²) in [5.41, 5.74) is 3.96. The smallest absolute Gasteiger partial charge is 0.234 e. The van der Waals surface area contributed by atoms with E-state index in [1.807, 2.05) is 64.6 Å². The lowest BCUT2D eigenvalue weighted by molar-refractivity contribution is -0.113. The number of carbonyl (C=O) groups excluding carboxylic acids is 1. The monoisotopic (exact) mass is 379 g/mol. The van der Waals surface area contributed by atoms with Crippen LogP contribution >= 0.6 is 23.1 Å². The molecular formula is C20H17N3OS2. The lowest BCUT2D eigenvalue weighted by Gasteiger charge is -2.07. The van der Waals surface area contributed by atoms with Gasteiger partial charge in [0, 0.05) is 33.9 Å². The molecule has 1 amide bonds. The van der Waals surface area contributed by atoms with Gasteiger partial charge in [-0.2, -0.15) is 0 Å². The van der Waals surface area contributed by atoms with Gasteiger partial charge in [0.05, 0.1) is 11.4 Å². The standard InChI is InChI=1S/C20H17N3OS2/c1-14-4-2-3-5-18(14)26-13-19(24)21-16-8-6-15(7-9-16)17-12-23-10-11-25-20(23)22-17/h2-12H,13H2,1H3,(H,21,24). The number of imidazole rings is 1. The fourth-order valence-electron chi connectivity index (χ4n) is 2.65. The number of nitrogens with one attached hydrogen (secondary N) is 1. The number of nitrogens with zero attached hydrogens (tertiary/aromatic N) is 2. The molecule has 0 spiro atoms. The maximum Gasteiger partial charge on any atom is 0.234 e. The Morgan fingerprint density at radius 2 is 2.00 bits per heavy atom. The van der Waals surface area contributed by atoms with Crippen molar-refractivity contribution in [2.75, 3.05) is 11.1 Å². The minimum absolute atomic E-state index is 0.00601. The third-order valence-corrected chi connectivity index (χ3v) is 5.96. The van der Waals surface area contributed by atoms with E-state index in [0.29, 0.717) is 5.75 Å². The van der Waals surface area contributed by atoms with Crippen molar-refractivity contribution in [1.82, 2.24) is 9.38 Å². The Hall–Kier alpha value is -2.57. The number of thiazole rings is 1. The van der Waals surface area contributed by atoms with Gasteiger partial charge in [0.2, 0.25) is 5.91 Å². The van der Waals surface area contributed by atoms with Crippen LogP contribution in [-0.4, -0.2) is 21.0 Å². The molecule has 2 aromatic heterocycles. The molecule has 2 aromatic carbocycles. The predicted octanol–water partition coefficient (Wildman–Crippen LogP) is 5.10. The van der Waals surface area contributed by atoms with E-state index >= 15 is 0 Å². The van der Waals surface area contributed by atoms with Crippen LogP contribution < -0.4 is 5.32 Å². The molecular weight excluding hydrogens is 362 g/mol. The molecule has 0 saturated heterocycles. The van der Waals surface area contributed by atoms with Gasteiger partial charge in [-0.25, -0.2) is 4.98 Å². The van der Waals surface area contributed by atoms with Crippen molar-refractivity contribution >= 4 is 39.7 Å². The van der Waals surface area contributed by atoms with Crippen LogP contribution in [0.3, 0.4) is 0 Å². The molecule has 0 radical (unpaired) electrons. The lowest BCUT2D eigenvalue weighted by atomic mass is 10.1. The summed E-state index contributed by atoms with van der Waals surface area (Å²) in [4.78, 5) is 18.9. The van der Waals surface area contributed by atoms with Gasteiger partial charge < -0.3 is 5.32 Å². The first-order chi connectivity index (χ1) is 12.7. The Kier molecular flexibility index (Phi) is 4.77. The zero-order chi connectivity index (χ0) is 17.9. The third-order valence-electron chi connectivity index (χ3n) is 4.01. The van der Waals surface area contributed by atoms with Gasteiger partial charge in [-0.05, 0) is 30.7 Å². The van der Waals surface area contributed by atoms with E-state index in [1.165, 1.54) is 5.56 Å². The van der Waals surface area contributed by atoms with Crippen LogP contribution in [0.25, 0.3) is 16.2 Å². The van der Waals surface area contributed by atoms with Crippen molar-refractivity contribution in [3.63, 3.8) is 0 Å². The maximum atomic E-state index is 12.2. The first kappa shape index (κ1) is 16.9. The highest BCUT2D eigenvalue weighted by molar-refractivity contribution is 8.00. The van der Waals surface area contributed by atoms with E-state index < -0.39 is 0 Å². The van der Waals surface area contributed by atoms with E-state index in [4.69, 9.17) is 0 Å². The number of hydrogen-bond acceptors (Lipinski definition) is 4. The Labute approximate surface area is 159 Å². The molecule has 0 aliphatic carbocycles. The Morgan fingerprint density at radius 1 is 1.19 bits per heavy atom. The summed E-state index contributed by atoms with van der Waals surface area (Å²) in [6, 6.07) is 15.9. The number of thioether (sulfide) groups is 1. The van der Waals surface area contributed by atoms with Gasteiger partial charge >= 0.3 is 0 Å². The zero-order valence-electron chi connectivity index (χ0n) is 14.2. The van der Waals surface area contributed by atoms with Crippen LogP contribution in [0.1, 0.15) is 5.56 Å². The fraction of sp³-hybridized carbons (Fsp3) is 0.100. The fourth-order valence-corrected chi connectivity index (χ4v) is 4.18. The molecule has 4 nitrogen and oxygen atoms in total. The molecule has 6 heteroatoms. The highest BCUT2D eigenvalue weighted by Crippen LogP contribution is 2.24. The maximum absolute atomic E-state index is 12.2. The molecule has 0 aliphatic rings. The van der Waals surface area contributed by atoms with E-state index in [1.54, 1.807) is 23.1 Å². The Bertz CT molecular complexity index is 1020. The van der Waals surface area contributed by atoms with E-state index in [0.717, 1.165) is 26.8 Å². The van der Waals surface area contributed by atoms with Crippen molar-refractivity contribution in [3.05, 3.63) is 71.9 Å². The molecule has 4 rings (SSSR count). The van der Waals surface area contributed by atoms with Crippen molar-refractivity contribution in [3.8, 4) is 11.3 Å². The molecule has 0 fully saturated rings. The Balaban J connectivity index is 1.38. The highest BCUT2D eigenvalue weighted by Gasteiger charge is 2.07. The number of benzene rings is 2. The second kappa shape index (κ2) is 7.35. The third kappa shape index (κ3) is 3.66. The number of rotatable bonds is 5. The largest absolute Gasteiger partial charge is 0.325 e. The second-order valence-corrected chi connectivity index (χ2v) is 7.79. The second-order valence-electron chi connectivity index (χ2n) is 5.90. The summed E-state index contributed by atoms with van der Waals surface area (Å²) in [7, 11) is 0. The van der Waals surface area contributed by atoms with E-state index in [9.17, 15) is 4.79 Å². The summed E-state index contributed by atoms with van der Waals surface area (Å²) in [5.74, 6) is 0.387. The highest BCUT2D eigenvalue weighted by atomic mass is 32.2. The van der Waals surface area contributed by atoms with Crippen molar-refractivity contribution < 1.29 is 4.79 Å². The molecule has 0 unspecified atom stereocenters. The number of amides is 1. The summed E-state index contributed by atoms with van der Waals surface area (Å²) in [6.07, 6.45) is 4.01. The molecule has 0 aliphatic heterocycles. The topological polar surface area (TPSA) is 46.4 Å². The van der Waals surface area contributed by atoms with Crippen LogP contribution in [0, 0.1) is 6.92 Å². The van der Waals surface area contributed by atoms with Gasteiger partial charge in [0.25, 0.3) is 0 Å². The Morgan fingerprint density at radius 3 is 2.77 bits per heavy atom. The number of carbonyl (C=O) groups is 1. The molecule has 0 saturated carbocycles. The summed E-state index contributed by atoms with van der Waals surface area (Å²) in [6.45, 7) is 2.05. The van der Waals surface area contributed by atoms with Crippen LogP contribution in [0.5, 0.6) is 0 Å². The van der Waals surface area contributed by atoms with Crippen LogP contribution in [0.4, 0.5) is 5.69 Å². The summed E-state index contributed by atoms with van der Waals surface area (Å²) >= 11 is 3.17. The number of anilines is 1. The van der Waals surface area contributed by atoms with Gasteiger partial charge in [0.1, 0.15) is 0 Å². The number of fused-ring (bicyclic) bond motifs is 1. The van der Waals surface area contributed by atoms with Gasteiger partial charge in [-0.15, -0.1) is 23.1 Å². The van der Waals surface area contributed by atoms with Gasteiger partial charge in [-0.3, -0.25) is 9.20 Å². The summed E-state index contributed by atoms with van der Waals surface area (Å²) in [5, 5.41) is 4.96. The SMILES string of the molecule is Cc1ccccc1SCC(=O)Nc1ccc(-c2cn3ccsc3n2)cc1. The first-order valence-corrected chi connectivity index (χ1v) is 10.1. The zero-order valence-corrected chi connectivity index (χ0v) is 15.8. The molecule has 26 heavy (non-hydrogen) atoms. The van der Waals surface area contributed by atoms with Crippen molar-refractivity contribution in [2.45, 2.75) is 11.8 Å². The lowest BCUT2D eigenvalue weighted by Crippen LogP contribution is -2.13. The first-order valence-electron chi connectivity index (χ1n) is 8.20. The molecule has 1 N–H and O–H groups in total. The molecule has 0 atom stereocenters. The van der Waals surface area contributed by atoms with Crippen LogP contribution in [0.15, 0.2) is 71.2 Å². The summed E-state index contributed by atoms with van der Waals surface area (Å²) < 4.78 is 2.01. The van der Waals surface area contributed by atoms with Gasteiger partial charge in [0.15, 0.2) is 4.96 Å². The molecule has 130 valence electrons. The van der Waals surface area contributed by atoms with E-state index in [2.05, 4.69) is 23.3 Å². The number of aryl methyl sites for hydroxylation is 1.